The van der Waals surface area contributed by atoms with E-state index < -0.39 is 0 Å². The number of amides is 2. The molecule has 0 fully saturated rings. The predicted molar refractivity (Wildman–Crippen MR) is 169 cm³/mol. The summed E-state index contributed by atoms with van der Waals surface area (Å²) in [6.45, 7) is 13.1. The topological polar surface area (TPSA) is 143 Å². The number of aromatic amines is 2. The molecule has 0 spiro atoms. The second-order valence-electron chi connectivity index (χ2n) is 10.5. The number of hydrogen-bond acceptors (Lipinski definition) is 6. The Morgan fingerprint density at radius 2 is 1.52 bits per heavy atom. The summed E-state index contributed by atoms with van der Waals surface area (Å²) in [6.07, 6.45) is 9.84. The summed E-state index contributed by atoms with van der Waals surface area (Å²) < 4.78 is 9.74. The van der Waals surface area contributed by atoms with Crippen molar-refractivity contribution in [3.05, 3.63) is 98.1 Å². The van der Waals surface area contributed by atoms with Crippen LogP contribution in [0.4, 0.5) is 0 Å². The summed E-state index contributed by atoms with van der Waals surface area (Å²) in [5.74, 6) is -1.20. The van der Waals surface area contributed by atoms with E-state index in [1.807, 2.05) is 38.1 Å². The molecule has 0 atom stereocenters. The van der Waals surface area contributed by atoms with Crippen molar-refractivity contribution < 1.29 is 28.7 Å². The first kappa shape index (κ1) is 31.7. The largest absolute Gasteiger partial charge is 0.469 e. The average Bonchev–Trinajstić information content (AvgIpc) is 3.69. The lowest BCUT2D eigenvalue weighted by molar-refractivity contribution is -0.141. The maximum Gasteiger partial charge on any atom is 0.305 e. The fraction of sp³-hybridized carbons (Fsp3) is 0.265. The molecule has 4 heterocycles. The van der Waals surface area contributed by atoms with Crippen molar-refractivity contribution in [2.45, 2.75) is 46.5 Å². The molecule has 0 radical (unpaired) electrons. The van der Waals surface area contributed by atoms with Gasteiger partial charge in [0.15, 0.2) is 0 Å². The van der Waals surface area contributed by atoms with Crippen molar-refractivity contribution in [1.82, 2.24) is 15.3 Å². The molecule has 2 aromatic heterocycles. The van der Waals surface area contributed by atoms with E-state index in [0.29, 0.717) is 46.7 Å². The SMILES string of the molecule is C=CC1=C(C)C(/C=c2/[nH]/c(=C\c3[nH]c(/C=C4\NC(=O)C(C)=C4C=C)cc3CCC(=O)OC)c(CCC(=O)OC)c2C)=NC1=O. The van der Waals surface area contributed by atoms with E-state index >= 15 is 0 Å². The van der Waals surface area contributed by atoms with Gasteiger partial charge in [0.2, 0.25) is 0 Å². The number of nitrogens with one attached hydrogen (secondary N) is 3. The van der Waals surface area contributed by atoms with Crippen LogP contribution in [0.15, 0.2) is 64.4 Å². The van der Waals surface area contributed by atoms with Gasteiger partial charge in [-0.2, -0.15) is 0 Å². The normalized spacial score (nSPS) is 16.7. The molecule has 0 aromatic carbocycles. The summed E-state index contributed by atoms with van der Waals surface area (Å²) in [5.41, 5.74) is 7.72. The number of carbonyl (C=O) groups excluding carboxylic acids is 4. The fourth-order valence-corrected chi connectivity index (χ4v) is 5.24. The van der Waals surface area contributed by atoms with Gasteiger partial charge in [-0.05, 0) is 80.2 Å². The second kappa shape index (κ2) is 13.4. The van der Waals surface area contributed by atoms with Gasteiger partial charge in [-0.25, -0.2) is 4.99 Å². The number of esters is 2. The minimum absolute atomic E-state index is 0.168. The van der Waals surface area contributed by atoms with Gasteiger partial charge in [-0.1, -0.05) is 25.3 Å². The van der Waals surface area contributed by atoms with Gasteiger partial charge in [-0.3, -0.25) is 19.2 Å². The third kappa shape index (κ3) is 6.54. The molecule has 0 unspecified atom stereocenters. The van der Waals surface area contributed by atoms with Crippen LogP contribution in [-0.4, -0.2) is 53.7 Å². The first-order valence-corrected chi connectivity index (χ1v) is 14.1. The van der Waals surface area contributed by atoms with Gasteiger partial charge in [0, 0.05) is 51.6 Å². The maximum absolute atomic E-state index is 12.3. The molecule has 2 aromatic rings. The second-order valence-corrected chi connectivity index (χ2v) is 10.5. The zero-order valence-corrected chi connectivity index (χ0v) is 25.6. The molecular formula is C34H36N4O6. The molecule has 0 aliphatic carbocycles. The first-order valence-electron chi connectivity index (χ1n) is 14.1. The molecule has 0 saturated carbocycles. The highest BCUT2D eigenvalue weighted by Gasteiger charge is 2.23. The number of allylic oxidation sites excluding steroid dienone is 2. The van der Waals surface area contributed by atoms with Gasteiger partial charge in [0.1, 0.15) is 0 Å². The Hall–Kier alpha value is -5.25. The molecule has 2 amide bonds. The number of nitrogens with zero attached hydrogens (tertiary/aromatic N) is 1. The molecule has 10 heteroatoms. The zero-order valence-electron chi connectivity index (χ0n) is 25.6. The van der Waals surface area contributed by atoms with Crippen LogP contribution in [0, 0.1) is 6.92 Å². The van der Waals surface area contributed by atoms with Crippen molar-refractivity contribution in [3.8, 4) is 0 Å². The highest BCUT2D eigenvalue weighted by atomic mass is 16.5. The van der Waals surface area contributed by atoms with Gasteiger partial charge >= 0.3 is 11.9 Å². The summed E-state index contributed by atoms with van der Waals surface area (Å²) in [6, 6.07) is 1.92. The average molecular weight is 597 g/mol. The Morgan fingerprint density at radius 3 is 2.14 bits per heavy atom. The van der Waals surface area contributed by atoms with E-state index in [9.17, 15) is 19.2 Å². The Kier molecular flexibility index (Phi) is 9.63. The Bertz CT molecular complexity index is 1840. The molecular weight excluding hydrogens is 560 g/mol. The minimum Gasteiger partial charge on any atom is -0.469 e. The van der Waals surface area contributed by atoms with Crippen LogP contribution in [0.5, 0.6) is 0 Å². The Labute approximate surface area is 255 Å². The zero-order chi connectivity index (χ0) is 32.1. The van der Waals surface area contributed by atoms with E-state index in [-0.39, 0.29) is 36.6 Å². The van der Waals surface area contributed by atoms with Crippen LogP contribution in [-0.2, 0) is 41.5 Å². The minimum atomic E-state index is -0.340. The van der Waals surface area contributed by atoms with Gasteiger partial charge in [0.25, 0.3) is 11.8 Å². The van der Waals surface area contributed by atoms with E-state index in [1.165, 1.54) is 20.3 Å². The van der Waals surface area contributed by atoms with Gasteiger partial charge in [-0.15, -0.1) is 0 Å². The van der Waals surface area contributed by atoms with Crippen LogP contribution in [0.3, 0.4) is 0 Å². The predicted octanol–water partition coefficient (Wildman–Crippen LogP) is 2.93. The number of rotatable bonds is 11. The molecule has 4 rings (SSSR count). The molecule has 3 N–H and O–H groups in total. The van der Waals surface area contributed by atoms with Gasteiger partial charge < -0.3 is 24.8 Å². The number of carbonyl (C=O) groups is 4. The number of methoxy groups -OCH3 is 2. The van der Waals surface area contributed by atoms with Gasteiger partial charge in [0.05, 0.1) is 25.6 Å². The van der Waals surface area contributed by atoms with Crippen LogP contribution < -0.4 is 16.0 Å². The van der Waals surface area contributed by atoms with E-state index in [1.54, 1.807) is 13.0 Å². The third-order valence-corrected chi connectivity index (χ3v) is 7.84. The van der Waals surface area contributed by atoms with Crippen LogP contribution in [0.2, 0.25) is 0 Å². The lowest BCUT2D eigenvalue weighted by Crippen LogP contribution is -2.15. The van der Waals surface area contributed by atoms with Crippen LogP contribution >= 0.6 is 0 Å². The van der Waals surface area contributed by atoms with Crippen molar-refractivity contribution in [2.75, 3.05) is 14.2 Å². The number of H-pyrrole nitrogens is 2. The van der Waals surface area contributed by atoms with E-state index in [2.05, 4.69) is 33.4 Å². The van der Waals surface area contributed by atoms with Crippen LogP contribution in [0.25, 0.3) is 18.2 Å². The molecule has 2 aliphatic heterocycles. The Balaban J connectivity index is 1.87. The van der Waals surface area contributed by atoms with Crippen molar-refractivity contribution in [3.63, 3.8) is 0 Å². The summed E-state index contributed by atoms with van der Waals surface area (Å²) >= 11 is 0. The van der Waals surface area contributed by atoms with E-state index in [4.69, 9.17) is 9.47 Å². The third-order valence-electron chi connectivity index (χ3n) is 7.84. The fourth-order valence-electron chi connectivity index (χ4n) is 5.24. The molecule has 0 bridgehead atoms. The number of aliphatic imine (C=N–C) groups is 1. The highest BCUT2D eigenvalue weighted by Crippen LogP contribution is 2.25. The lowest BCUT2D eigenvalue weighted by Gasteiger charge is -2.02. The number of hydrogen-bond donors (Lipinski definition) is 3. The van der Waals surface area contributed by atoms with E-state index in [0.717, 1.165) is 38.7 Å². The summed E-state index contributed by atoms with van der Waals surface area (Å²) in [5, 5.41) is 4.34. The first-order chi connectivity index (χ1) is 21.0. The quantitative estimate of drug-likeness (QED) is 0.341. The van der Waals surface area contributed by atoms with Crippen molar-refractivity contribution in [2.24, 2.45) is 4.99 Å². The number of aromatic nitrogens is 2. The summed E-state index contributed by atoms with van der Waals surface area (Å²) in [7, 11) is 2.70. The molecule has 44 heavy (non-hydrogen) atoms. The molecule has 2 aliphatic rings. The number of aryl methyl sites for hydroxylation is 1. The van der Waals surface area contributed by atoms with Crippen molar-refractivity contribution in [1.29, 1.82) is 0 Å². The monoisotopic (exact) mass is 596 g/mol. The summed E-state index contributed by atoms with van der Waals surface area (Å²) in [4.78, 5) is 59.7. The Morgan fingerprint density at radius 1 is 0.864 bits per heavy atom. The lowest BCUT2D eigenvalue weighted by atomic mass is 10.0. The standard InChI is InChI=1S/C34H36N4O6/c1-8-23-20(5)33(41)38-29(23)15-22-14-21(10-12-31(39)43-6)28(35-22)17-30-25(11-13-32(40)44-7)19(4)26(36-30)16-27-18(3)24(9-2)34(42)37-27/h8-9,14-17,35-36H,1-2,10-13H2,3-7H3,(H,38,41)/b26-16+,29-15-,30-17-. The van der Waals surface area contributed by atoms with Crippen molar-refractivity contribution >= 4 is 47.7 Å². The highest BCUT2D eigenvalue weighted by molar-refractivity contribution is 6.31. The maximum atomic E-state index is 12.3. The smallest absolute Gasteiger partial charge is 0.305 e. The van der Waals surface area contributed by atoms with Crippen LogP contribution in [0.1, 0.15) is 54.8 Å². The molecule has 0 saturated heterocycles. The molecule has 228 valence electrons. The number of ether oxygens (including phenoxy) is 2. The molecule has 10 nitrogen and oxygen atoms in total.